The predicted octanol–water partition coefficient (Wildman–Crippen LogP) is 2.35. The number of ether oxygens (including phenoxy) is 2. The molecule has 0 radical (unpaired) electrons. The van der Waals surface area contributed by atoms with Crippen molar-refractivity contribution in [3.8, 4) is 5.88 Å². The minimum Gasteiger partial charge on any atom is -0.478 e. The lowest BCUT2D eigenvalue weighted by atomic mass is 9.78. The summed E-state index contributed by atoms with van der Waals surface area (Å²) in [5.41, 5.74) is -0.137. The fourth-order valence-electron chi connectivity index (χ4n) is 4.12. The molecule has 2 saturated heterocycles. The third kappa shape index (κ3) is 3.93. The summed E-state index contributed by atoms with van der Waals surface area (Å²) in [5.74, 6) is 1.28. The molecule has 7 heteroatoms. The number of aromatic nitrogens is 3. The van der Waals surface area contributed by atoms with E-state index in [1.54, 1.807) is 24.7 Å². The van der Waals surface area contributed by atoms with Crippen LogP contribution >= 0.6 is 0 Å². The van der Waals surface area contributed by atoms with E-state index < -0.39 is 0 Å². The van der Waals surface area contributed by atoms with Crippen LogP contribution in [0.25, 0.3) is 0 Å². The Balaban J connectivity index is 1.31. The first kappa shape index (κ1) is 17.9. The van der Waals surface area contributed by atoms with Gasteiger partial charge in [0.25, 0.3) is 5.91 Å². The van der Waals surface area contributed by atoms with Gasteiger partial charge in [0.15, 0.2) is 0 Å². The van der Waals surface area contributed by atoms with Crippen LogP contribution in [0.1, 0.15) is 36.3 Å². The van der Waals surface area contributed by atoms with Crippen molar-refractivity contribution in [2.24, 2.45) is 5.92 Å². The van der Waals surface area contributed by atoms with E-state index in [2.05, 4.69) is 15.0 Å². The number of hydrogen-bond acceptors (Lipinski definition) is 6. The van der Waals surface area contributed by atoms with Gasteiger partial charge in [-0.25, -0.2) is 15.0 Å². The van der Waals surface area contributed by atoms with E-state index in [1.807, 2.05) is 23.1 Å². The molecule has 0 saturated carbocycles. The average molecular weight is 368 g/mol. The molecule has 2 aliphatic heterocycles. The zero-order valence-corrected chi connectivity index (χ0v) is 15.3. The molecule has 0 bridgehead atoms. The van der Waals surface area contributed by atoms with Crippen LogP contribution in [0, 0.1) is 5.92 Å². The quantitative estimate of drug-likeness (QED) is 0.806. The van der Waals surface area contributed by atoms with Gasteiger partial charge in [-0.05, 0) is 43.7 Å². The summed E-state index contributed by atoms with van der Waals surface area (Å²) in [6, 6.07) is 7.39. The number of hydrogen-bond donors (Lipinski definition) is 0. The molecule has 0 aliphatic carbocycles. The normalized spacial score (nSPS) is 21.3. The van der Waals surface area contributed by atoms with Crippen molar-refractivity contribution < 1.29 is 14.3 Å². The maximum atomic E-state index is 12.5. The van der Waals surface area contributed by atoms with Crippen LogP contribution in [0.4, 0.5) is 0 Å². The third-order valence-corrected chi connectivity index (χ3v) is 5.61. The first-order chi connectivity index (χ1) is 13.3. The predicted molar refractivity (Wildman–Crippen MR) is 98.3 cm³/mol. The van der Waals surface area contributed by atoms with Gasteiger partial charge in [-0.1, -0.05) is 6.07 Å². The summed E-state index contributed by atoms with van der Waals surface area (Å²) >= 11 is 0. The Bertz CT molecular complexity index is 748. The molecule has 0 N–H and O–H groups in total. The fraction of sp³-hybridized carbons (Fsp3) is 0.500. The molecule has 4 rings (SSSR count). The molecule has 0 aromatic carbocycles. The number of pyridine rings is 1. The highest BCUT2D eigenvalue weighted by atomic mass is 16.5. The van der Waals surface area contributed by atoms with Crippen molar-refractivity contribution in [3.05, 3.63) is 48.7 Å². The first-order valence-electron chi connectivity index (χ1n) is 9.51. The summed E-state index contributed by atoms with van der Waals surface area (Å²) in [4.78, 5) is 26.7. The fourth-order valence-corrected chi connectivity index (χ4v) is 4.12. The van der Waals surface area contributed by atoms with Crippen LogP contribution in [-0.2, 0) is 4.74 Å². The van der Waals surface area contributed by atoms with E-state index in [9.17, 15) is 4.79 Å². The van der Waals surface area contributed by atoms with Crippen molar-refractivity contribution in [2.75, 3.05) is 26.3 Å². The van der Waals surface area contributed by atoms with Gasteiger partial charge in [-0.3, -0.25) is 4.79 Å². The van der Waals surface area contributed by atoms with Gasteiger partial charge < -0.3 is 14.4 Å². The van der Waals surface area contributed by atoms with Crippen LogP contribution < -0.4 is 4.74 Å². The lowest BCUT2D eigenvalue weighted by Gasteiger charge is -2.42. The molecule has 2 aromatic heterocycles. The number of nitrogens with zero attached hydrogens (tertiary/aromatic N) is 4. The Morgan fingerprint density at radius 1 is 1.15 bits per heavy atom. The van der Waals surface area contributed by atoms with Crippen molar-refractivity contribution in [1.29, 1.82) is 0 Å². The van der Waals surface area contributed by atoms with Crippen molar-refractivity contribution in [2.45, 2.75) is 31.3 Å². The second-order valence-corrected chi connectivity index (χ2v) is 7.07. The zero-order chi connectivity index (χ0) is 18.5. The molecule has 2 aliphatic rings. The molecule has 1 spiro atoms. The van der Waals surface area contributed by atoms with Gasteiger partial charge >= 0.3 is 0 Å². The largest absolute Gasteiger partial charge is 0.478 e. The Hall–Kier alpha value is -2.54. The van der Waals surface area contributed by atoms with Crippen molar-refractivity contribution in [3.63, 3.8) is 0 Å². The summed E-state index contributed by atoms with van der Waals surface area (Å²) in [6.45, 7) is 2.76. The lowest BCUT2D eigenvalue weighted by Crippen LogP contribution is -2.49. The van der Waals surface area contributed by atoms with E-state index in [4.69, 9.17) is 9.47 Å². The van der Waals surface area contributed by atoms with E-state index in [0.29, 0.717) is 31.5 Å². The van der Waals surface area contributed by atoms with Gasteiger partial charge in [0.2, 0.25) is 11.7 Å². The standard InChI is InChI=1S/C20H24N4O3/c25-19(18-22-10-3-11-23-18)24-12-7-20(8-13-24)16(6-15-27-20)5-14-26-17-4-1-2-9-21-17/h1-4,9-11,16H,5-8,12-15H2/t16-/m1/s1. The van der Waals surface area contributed by atoms with Crippen LogP contribution in [0.15, 0.2) is 42.9 Å². The maximum Gasteiger partial charge on any atom is 0.291 e. The highest BCUT2D eigenvalue weighted by molar-refractivity contribution is 5.90. The lowest BCUT2D eigenvalue weighted by molar-refractivity contribution is -0.0650. The minimum absolute atomic E-state index is 0.0986. The summed E-state index contributed by atoms with van der Waals surface area (Å²) < 4.78 is 12.0. The van der Waals surface area contributed by atoms with Crippen LogP contribution in [0.2, 0.25) is 0 Å². The van der Waals surface area contributed by atoms with Crippen LogP contribution in [-0.4, -0.2) is 57.7 Å². The molecular formula is C20H24N4O3. The summed E-state index contributed by atoms with van der Waals surface area (Å²) in [6.07, 6.45) is 8.61. The molecule has 4 heterocycles. The Kier molecular flexibility index (Phi) is 5.29. The van der Waals surface area contributed by atoms with Crippen molar-refractivity contribution in [1.82, 2.24) is 19.9 Å². The van der Waals surface area contributed by atoms with E-state index in [-0.39, 0.29) is 17.3 Å². The van der Waals surface area contributed by atoms with Crippen LogP contribution in [0.5, 0.6) is 5.88 Å². The smallest absolute Gasteiger partial charge is 0.291 e. The molecule has 1 amide bonds. The van der Waals surface area contributed by atoms with E-state index in [1.165, 1.54) is 0 Å². The molecule has 142 valence electrons. The van der Waals surface area contributed by atoms with Crippen molar-refractivity contribution >= 4 is 5.91 Å². The first-order valence-corrected chi connectivity index (χ1v) is 9.51. The molecule has 1 atom stereocenters. The molecule has 2 fully saturated rings. The second-order valence-electron chi connectivity index (χ2n) is 7.07. The second kappa shape index (κ2) is 8.00. The summed E-state index contributed by atoms with van der Waals surface area (Å²) in [7, 11) is 0. The Morgan fingerprint density at radius 3 is 2.67 bits per heavy atom. The molecule has 7 nitrogen and oxygen atoms in total. The molecule has 2 aromatic rings. The van der Waals surface area contributed by atoms with E-state index >= 15 is 0 Å². The van der Waals surface area contributed by atoms with Gasteiger partial charge in [0.05, 0.1) is 12.2 Å². The zero-order valence-electron chi connectivity index (χ0n) is 15.3. The Morgan fingerprint density at radius 2 is 1.93 bits per heavy atom. The van der Waals surface area contributed by atoms with Gasteiger partial charge in [-0.2, -0.15) is 0 Å². The van der Waals surface area contributed by atoms with E-state index in [0.717, 1.165) is 32.3 Å². The third-order valence-electron chi connectivity index (χ3n) is 5.61. The van der Waals surface area contributed by atoms with Gasteiger partial charge in [-0.15, -0.1) is 0 Å². The Labute approximate surface area is 158 Å². The average Bonchev–Trinajstić information content (AvgIpc) is 3.11. The topological polar surface area (TPSA) is 77.4 Å². The highest BCUT2D eigenvalue weighted by Gasteiger charge is 2.46. The summed E-state index contributed by atoms with van der Waals surface area (Å²) in [5, 5.41) is 0. The van der Waals surface area contributed by atoms with Gasteiger partial charge in [0.1, 0.15) is 0 Å². The minimum atomic E-state index is -0.137. The van der Waals surface area contributed by atoms with Gasteiger partial charge in [0, 0.05) is 44.4 Å². The monoisotopic (exact) mass is 368 g/mol. The number of carbonyl (C=O) groups is 1. The number of amides is 1. The SMILES string of the molecule is O=C(c1ncccn1)N1CCC2(CC1)OCC[C@H]2CCOc1ccccn1. The molecular weight excluding hydrogens is 344 g/mol. The number of rotatable bonds is 5. The number of likely N-dealkylation sites (tertiary alicyclic amines) is 1. The number of piperidine rings is 1. The van der Waals surface area contributed by atoms with Crippen LogP contribution in [0.3, 0.4) is 0 Å². The maximum absolute atomic E-state index is 12.5. The highest BCUT2D eigenvalue weighted by Crippen LogP contribution is 2.42. The molecule has 27 heavy (non-hydrogen) atoms. The molecule has 0 unspecified atom stereocenters. The number of carbonyl (C=O) groups excluding carboxylic acids is 1.